The number of amides is 1. The summed E-state index contributed by atoms with van der Waals surface area (Å²) in [5.41, 5.74) is 7.80. The Morgan fingerprint density at radius 3 is 2.47 bits per heavy atom. The van der Waals surface area contributed by atoms with E-state index < -0.39 is 12.1 Å². The summed E-state index contributed by atoms with van der Waals surface area (Å²) in [7, 11) is 0. The first-order chi connectivity index (χ1) is 8.95. The molecule has 0 saturated carbocycles. The molecule has 19 heavy (non-hydrogen) atoms. The molecule has 1 rings (SSSR count). The lowest BCUT2D eigenvalue weighted by molar-refractivity contribution is -0.123. The van der Waals surface area contributed by atoms with Crippen LogP contribution < -0.4 is 11.1 Å². The van der Waals surface area contributed by atoms with Crippen LogP contribution in [0.25, 0.3) is 0 Å². The van der Waals surface area contributed by atoms with Crippen molar-refractivity contribution >= 4 is 5.91 Å². The highest BCUT2D eigenvalue weighted by atomic mass is 16.3. The molecule has 0 aliphatic carbocycles. The van der Waals surface area contributed by atoms with E-state index in [0.29, 0.717) is 0 Å². The van der Waals surface area contributed by atoms with E-state index in [2.05, 4.69) is 5.32 Å². The third-order valence-corrected chi connectivity index (χ3v) is 3.51. The van der Waals surface area contributed by atoms with Gasteiger partial charge in [-0.3, -0.25) is 4.79 Å². The maximum absolute atomic E-state index is 11.9. The third kappa shape index (κ3) is 4.65. The number of carbonyl (C=O) groups excluding carboxylic acids is 1. The van der Waals surface area contributed by atoms with E-state index in [-0.39, 0.29) is 18.4 Å². The van der Waals surface area contributed by atoms with Gasteiger partial charge in [0.1, 0.15) is 6.04 Å². The highest BCUT2D eigenvalue weighted by Crippen LogP contribution is 2.12. The van der Waals surface area contributed by atoms with Crippen molar-refractivity contribution in [1.29, 1.82) is 0 Å². The maximum atomic E-state index is 11.9. The summed E-state index contributed by atoms with van der Waals surface area (Å²) >= 11 is 0. The number of benzene rings is 1. The summed E-state index contributed by atoms with van der Waals surface area (Å²) in [6.45, 7) is 6.19. The van der Waals surface area contributed by atoms with Crippen molar-refractivity contribution in [2.24, 2.45) is 11.7 Å². The molecule has 106 valence electrons. The molecule has 4 N–H and O–H groups in total. The Balaban J connectivity index is 2.51. The van der Waals surface area contributed by atoms with E-state index >= 15 is 0 Å². The number of aliphatic hydroxyl groups is 1. The van der Waals surface area contributed by atoms with Crippen LogP contribution in [0.15, 0.2) is 24.3 Å². The fraction of sp³-hybridized carbons (Fsp3) is 0.533. The number of aryl methyl sites for hydroxylation is 1. The third-order valence-electron chi connectivity index (χ3n) is 3.51. The van der Waals surface area contributed by atoms with Crippen LogP contribution in [-0.4, -0.2) is 23.7 Å². The molecule has 0 radical (unpaired) electrons. The molecule has 0 aliphatic rings. The number of rotatable bonds is 6. The van der Waals surface area contributed by atoms with E-state index in [4.69, 9.17) is 5.73 Å². The fourth-order valence-corrected chi connectivity index (χ4v) is 1.71. The Hall–Kier alpha value is -1.39. The van der Waals surface area contributed by atoms with Gasteiger partial charge in [-0.1, -0.05) is 50.1 Å². The van der Waals surface area contributed by atoms with Crippen LogP contribution in [0.1, 0.15) is 37.4 Å². The minimum Gasteiger partial charge on any atom is -0.391 e. The molecule has 1 amide bonds. The lowest BCUT2D eigenvalue weighted by Gasteiger charge is -2.19. The minimum atomic E-state index is -0.690. The van der Waals surface area contributed by atoms with Crippen molar-refractivity contribution in [3.05, 3.63) is 35.4 Å². The summed E-state index contributed by atoms with van der Waals surface area (Å²) in [5, 5.41) is 12.5. The van der Waals surface area contributed by atoms with Crippen molar-refractivity contribution in [1.82, 2.24) is 5.32 Å². The normalized spacial score (nSPS) is 15.6. The molecule has 3 atom stereocenters. The van der Waals surface area contributed by atoms with Crippen molar-refractivity contribution in [3.8, 4) is 0 Å². The van der Waals surface area contributed by atoms with Crippen LogP contribution in [0.4, 0.5) is 0 Å². The Bertz CT molecular complexity index is 403. The lowest BCUT2D eigenvalue weighted by Crippen LogP contribution is -2.40. The molecule has 0 bridgehead atoms. The first kappa shape index (κ1) is 15.7. The van der Waals surface area contributed by atoms with Crippen molar-refractivity contribution < 1.29 is 9.90 Å². The van der Waals surface area contributed by atoms with Crippen molar-refractivity contribution in [3.63, 3.8) is 0 Å². The van der Waals surface area contributed by atoms with Crippen LogP contribution in [0.5, 0.6) is 0 Å². The maximum Gasteiger partial charge on any atom is 0.241 e. The second-order valence-corrected chi connectivity index (χ2v) is 5.09. The molecule has 0 saturated heterocycles. The number of carbonyl (C=O) groups is 1. The van der Waals surface area contributed by atoms with Gasteiger partial charge in [0.25, 0.3) is 0 Å². The van der Waals surface area contributed by atoms with Crippen molar-refractivity contribution in [2.45, 2.75) is 39.3 Å². The molecule has 0 aromatic heterocycles. The van der Waals surface area contributed by atoms with Gasteiger partial charge >= 0.3 is 0 Å². The first-order valence-corrected chi connectivity index (χ1v) is 6.73. The zero-order chi connectivity index (χ0) is 14.4. The predicted octanol–water partition coefficient (Wildman–Crippen LogP) is 1.52. The van der Waals surface area contributed by atoms with Crippen LogP contribution in [0, 0.1) is 12.8 Å². The average Bonchev–Trinajstić information content (AvgIpc) is 2.43. The minimum absolute atomic E-state index is 0.163. The van der Waals surface area contributed by atoms with Gasteiger partial charge < -0.3 is 16.2 Å². The van der Waals surface area contributed by atoms with E-state index in [0.717, 1.165) is 17.5 Å². The van der Waals surface area contributed by atoms with Gasteiger partial charge in [0.05, 0.1) is 6.10 Å². The van der Waals surface area contributed by atoms with Crippen molar-refractivity contribution in [2.75, 3.05) is 6.54 Å². The molecule has 4 nitrogen and oxygen atoms in total. The Morgan fingerprint density at radius 2 is 1.95 bits per heavy atom. The first-order valence-electron chi connectivity index (χ1n) is 6.73. The topological polar surface area (TPSA) is 75.3 Å². The smallest absolute Gasteiger partial charge is 0.241 e. The molecular formula is C15H24N2O2. The average molecular weight is 264 g/mol. The summed E-state index contributed by atoms with van der Waals surface area (Å²) in [6, 6.07) is 6.87. The molecule has 3 unspecified atom stereocenters. The second kappa shape index (κ2) is 7.26. The number of nitrogens with one attached hydrogen (secondary N) is 1. The molecule has 0 fully saturated rings. The summed E-state index contributed by atoms with van der Waals surface area (Å²) in [4.78, 5) is 11.9. The van der Waals surface area contributed by atoms with Gasteiger partial charge in [-0.25, -0.2) is 0 Å². The molecule has 0 spiro atoms. The van der Waals surface area contributed by atoms with Gasteiger partial charge in [0.2, 0.25) is 5.91 Å². The zero-order valence-electron chi connectivity index (χ0n) is 11.9. The second-order valence-electron chi connectivity index (χ2n) is 5.09. The molecular weight excluding hydrogens is 240 g/mol. The molecule has 1 aromatic rings. The van der Waals surface area contributed by atoms with Gasteiger partial charge in [0, 0.05) is 6.54 Å². The number of aliphatic hydroxyl groups excluding tert-OH is 1. The zero-order valence-corrected chi connectivity index (χ0v) is 11.9. The van der Waals surface area contributed by atoms with E-state index in [1.165, 1.54) is 0 Å². The Kier molecular flexibility index (Phi) is 5.99. The lowest BCUT2D eigenvalue weighted by atomic mass is 10.0. The van der Waals surface area contributed by atoms with Crippen LogP contribution in [-0.2, 0) is 4.79 Å². The highest BCUT2D eigenvalue weighted by molar-refractivity contribution is 5.82. The van der Waals surface area contributed by atoms with Gasteiger partial charge in [-0.05, 0) is 18.4 Å². The fourth-order valence-electron chi connectivity index (χ4n) is 1.71. The van der Waals surface area contributed by atoms with Gasteiger partial charge in [0.15, 0.2) is 0 Å². The van der Waals surface area contributed by atoms with E-state index in [9.17, 15) is 9.90 Å². The van der Waals surface area contributed by atoms with Crippen LogP contribution in [0.3, 0.4) is 0 Å². The Labute approximate surface area is 115 Å². The molecule has 1 aromatic carbocycles. The quantitative estimate of drug-likeness (QED) is 0.729. The summed E-state index contributed by atoms with van der Waals surface area (Å²) in [5.74, 6) is -0.0953. The predicted molar refractivity (Wildman–Crippen MR) is 76.6 cm³/mol. The standard InChI is InChI=1S/C15H24N2O2/c1-4-11(3)13(18)9-17-15(19)14(16)12-7-5-10(2)6-8-12/h5-8,11,13-14,18H,4,9,16H2,1-3H3,(H,17,19). The molecule has 0 heterocycles. The number of nitrogens with two attached hydrogens (primary N) is 1. The molecule has 0 aliphatic heterocycles. The Morgan fingerprint density at radius 1 is 1.37 bits per heavy atom. The van der Waals surface area contributed by atoms with E-state index in [1.54, 1.807) is 0 Å². The number of hydrogen-bond donors (Lipinski definition) is 3. The largest absolute Gasteiger partial charge is 0.391 e. The summed E-state index contributed by atoms with van der Waals surface area (Å²) < 4.78 is 0. The van der Waals surface area contributed by atoms with Gasteiger partial charge in [-0.15, -0.1) is 0 Å². The van der Waals surface area contributed by atoms with Gasteiger partial charge in [-0.2, -0.15) is 0 Å². The highest BCUT2D eigenvalue weighted by Gasteiger charge is 2.18. The van der Waals surface area contributed by atoms with Crippen LogP contribution in [0.2, 0.25) is 0 Å². The monoisotopic (exact) mass is 264 g/mol. The SMILES string of the molecule is CCC(C)C(O)CNC(=O)C(N)c1ccc(C)cc1. The number of hydrogen-bond acceptors (Lipinski definition) is 3. The van der Waals surface area contributed by atoms with Crippen LogP contribution >= 0.6 is 0 Å². The van der Waals surface area contributed by atoms with E-state index in [1.807, 2.05) is 45.0 Å². The molecule has 4 heteroatoms. The summed E-state index contributed by atoms with van der Waals surface area (Å²) in [6.07, 6.45) is 0.347.